The Morgan fingerprint density at radius 2 is 1.88 bits per heavy atom. The van der Waals surface area contributed by atoms with Gasteiger partial charge in [0.15, 0.2) is 0 Å². The van der Waals surface area contributed by atoms with E-state index >= 15 is 0 Å². The molecule has 2 N–H and O–H groups in total. The maximum atomic E-state index is 6.15. The number of unbranched alkanes of at least 4 members (excludes halogenated alkanes) is 3. The zero-order valence-corrected chi connectivity index (χ0v) is 11.5. The van der Waals surface area contributed by atoms with Gasteiger partial charge in [-0.3, -0.25) is 0 Å². The van der Waals surface area contributed by atoms with Crippen LogP contribution in [-0.2, 0) is 12.8 Å². The van der Waals surface area contributed by atoms with Crippen LogP contribution in [0.25, 0.3) is 0 Å². The van der Waals surface area contributed by atoms with Crippen LogP contribution in [0.15, 0.2) is 12.1 Å². The van der Waals surface area contributed by atoms with E-state index in [-0.39, 0.29) is 0 Å². The van der Waals surface area contributed by atoms with Gasteiger partial charge in [0.1, 0.15) is 0 Å². The lowest BCUT2D eigenvalue weighted by atomic mass is 10.0. The molecule has 0 fully saturated rings. The molecule has 1 nitrogen and oxygen atoms in total. The first kappa shape index (κ1) is 13.7. The van der Waals surface area contributed by atoms with Crippen molar-refractivity contribution >= 4 is 11.3 Å². The Morgan fingerprint density at radius 1 is 1.12 bits per heavy atom. The van der Waals surface area contributed by atoms with E-state index in [4.69, 9.17) is 5.73 Å². The molecule has 0 bridgehead atoms. The number of aryl methyl sites for hydroxylation is 1. The maximum absolute atomic E-state index is 6.15. The van der Waals surface area contributed by atoms with Crippen LogP contribution in [0.4, 0.5) is 0 Å². The Bertz CT molecular complexity index is 280. The lowest BCUT2D eigenvalue weighted by Gasteiger charge is -2.09. The zero-order valence-electron chi connectivity index (χ0n) is 10.7. The molecule has 16 heavy (non-hydrogen) atoms. The molecule has 0 aliphatic rings. The van der Waals surface area contributed by atoms with Gasteiger partial charge in [-0.2, -0.15) is 0 Å². The van der Waals surface area contributed by atoms with Gasteiger partial charge >= 0.3 is 0 Å². The molecule has 2 heteroatoms. The van der Waals surface area contributed by atoms with Crippen LogP contribution in [0.5, 0.6) is 0 Å². The Labute approximate surface area is 104 Å². The highest BCUT2D eigenvalue weighted by atomic mass is 32.1. The molecule has 0 radical (unpaired) electrons. The fourth-order valence-corrected chi connectivity index (χ4v) is 2.97. The normalized spacial score (nSPS) is 12.9. The summed E-state index contributed by atoms with van der Waals surface area (Å²) in [4.78, 5) is 2.94. The van der Waals surface area contributed by atoms with Gasteiger partial charge in [0.25, 0.3) is 0 Å². The van der Waals surface area contributed by atoms with E-state index in [1.807, 2.05) is 11.3 Å². The Hall–Kier alpha value is -0.340. The molecule has 0 saturated carbocycles. The predicted octanol–water partition coefficient (Wildman–Crippen LogP) is 4.15. The van der Waals surface area contributed by atoms with Gasteiger partial charge in [-0.1, -0.05) is 39.5 Å². The molecule has 0 aliphatic heterocycles. The lowest BCUT2D eigenvalue weighted by molar-refractivity contribution is 0.548. The number of hydrogen-bond acceptors (Lipinski definition) is 2. The predicted molar refractivity (Wildman–Crippen MR) is 74.1 cm³/mol. The van der Waals surface area contributed by atoms with Gasteiger partial charge in [0.2, 0.25) is 0 Å². The van der Waals surface area contributed by atoms with E-state index in [1.165, 1.54) is 41.9 Å². The van der Waals surface area contributed by atoms with Crippen molar-refractivity contribution in [1.29, 1.82) is 0 Å². The van der Waals surface area contributed by atoms with E-state index in [1.54, 1.807) is 0 Å². The van der Waals surface area contributed by atoms with Crippen molar-refractivity contribution in [2.45, 2.75) is 64.8 Å². The number of nitrogens with two attached hydrogens (primary N) is 1. The van der Waals surface area contributed by atoms with Crippen molar-refractivity contribution in [3.8, 4) is 0 Å². The molecule has 1 rings (SSSR count). The van der Waals surface area contributed by atoms with Crippen LogP contribution in [0.1, 0.15) is 55.7 Å². The highest BCUT2D eigenvalue weighted by Crippen LogP contribution is 2.19. The monoisotopic (exact) mass is 239 g/mol. The van der Waals surface area contributed by atoms with E-state index in [2.05, 4.69) is 26.0 Å². The van der Waals surface area contributed by atoms with E-state index in [9.17, 15) is 0 Å². The van der Waals surface area contributed by atoms with Gasteiger partial charge in [-0.25, -0.2) is 0 Å². The lowest BCUT2D eigenvalue weighted by Crippen LogP contribution is -2.22. The first-order valence-corrected chi connectivity index (χ1v) is 7.41. The first-order chi connectivity index (χ1) is 7.76. The summed E-state index contributed by atoms with van der Waals surface area (Å²) in [5, 5.41) is 0. The minimum atomic E-state index is 0.361. The molecular weight excluding hydrogens is 214 g/mol. The van der Waals surface area contributed by atoms with Gasteiger partial charge in [0.05, 0.1) is 0 Å². The van der Waals surface area contributed by atoms with E-state index < -0.39 is 0 Å². The molecule has 1 unspecified atom stereocenters. The maximum Gasteiger partial charge on any atom is 0.00871 e. The van der Waals surface area contributed by atoms with E-state index in [0.29, 0.717) is 6.04 Å². The molecule has 1 aromatic rings. The van der Waals surface area contributed by atoms with Crippen molar-refractivity contribution in [3.63, 3.8) is 0 Å². The van der Waals surface area contributed by atoms with Crippen molar-refractivity contribution in [2.24, 2.45) is 5.73 Å². The second-order valence-corrected chi connectivity index (χ2v) is 5.79. The first-order valence-electron chi connectivity index (χ1n) is 6.59. The smallest absolute Gasteiger partial charge is 0.00871 e. The summed E-state index contributed by atoms with van der Waals surface area (Å²) in [6.45, 7) is 4.46. The molecule has 0 saturated heterocycles. The highest BCUT2D eigenvalue weighted by Gasteiger charge is 2.06. The van der Waals surface area contributed by atoms with Crippen molar-refractivity contribution in [2.75, 3.05) is 0 Å². The molecule has 0 spiro atoms. The fraction of sp³-hybridized carbons (Fsp3) is 0.714. The summed E-state index contributed by atoms with van der Waals surface area (Å²) < 4.78 is 0. The molecular formula is C14H25NS. The molecule has 1 atom stereocenters. The minimum absolute atomic E-state index is 0.361. The topological polar surface area (TPSA) is 26.0 Å². The Morgan fingerprint density at radius 3 is 2.50 bits per heavy atom. The molecule has 92 valence electrons. The molecule has 1 aromatic heterocycles. The summed E-state index contributed by atoms with van der Waals surface area (Å²) in [5.41, 5.74) is 6.15. The number of rotatable bonds is 8. The fourth-order valence-electron chi connectivity index (χ4n) is 1.92. The Balaban J connectivity index is 2.20. The molecule has 1 heterocycles. The summed E-state index contributed by atoms with van der Waals surface area (Å²) in [5.74, 6) is 0. The zero-order chi connectivity index (χ0) is 11.8. The Kier molecular flexibility index (Phi) is 6.74. The third-order valence-electron chi connectivity index (χ3n) is 2.96. The average Bonchev–Trinajstić information content (AvgIpc) is 2.72. The summed E-state index contributed by atoms with van der Waals surface area (Å²) >= 11 is 1.92. The average molecular weight is 239 g/mol. The van der Waals surface area contributed by atoms with Crippen molar-refractivity contribution in [3.05, 3.63) is 21.9 Å². The second-order valence-electron chi connectivity index (χ2n) is 4.54. The second kappa shape index (κ2) is 7.86. The van der Waals surface area contributed by atoms with Crippen LogP contribution in [0, 0.1) is 0 Å². The number of hydrogen-bond donors (Lipinski definition) is 1. The van der Waals surface area contributed by atoms with Crippen LogP contribution >= 0.6 is 11.3 Å². The highest BCUT2D eigenvalue weighted by molar-refractivity contribution is 7.11. The summed E-state index contributed by atoms with van der Waals surface area (Å²) in [6.07, 6.45) is 8.69. The quantitative estimate of drug-likeness (QED) is 0.678. The van der Waals surface area contributed by atoms with Crippen LogP contribution in [0.3, 0.4) is 0 Å². The molecule has 0 aliphatic carbocycles. The SMILES string of the molecule is CCCCCCC(N)Cc1ccc(CC)s1. The van der Waals surface area contributed by atoms with Crippen LogP contribution in [-0.4, -0.2) is 6.04 Å². The molecule has 0 amide bonds. The standard InChI is InChI=1S/C14H25NS/c1-3-5-6-7-8-12(15)11-14-10-9-13(4-2)16-14/h9-10,12H,3-8,11,15H2,1-2H3. The van der Waals surface area contributed by atoms with E-state index in [0.717, 1.165) is 12.8 Å². The van der Waals surface area contributed by atoms with Crippen LogP contribution in [0.2, 0.25) is 0 Å². The van der Waals surface area contributed by atoms with Gasteiger partial charge in [-0.05, 0) is 31.4 Å². The van der Waals surface area contributed by atoms with Crippen molar-refractivity contribution < 1.29 is 0 Å². The largest absolute Gasteiger partial charge is 0.327 e. The van der Waals surface area contributed by atoms with Crippen LogP contribution < -0.4 is 5.73 Å². The van der Waals surface area contributed by atoms with Gasteiger partial charge in [-0.15, -0.1) is 11.3 Å². The van der Waals surface area contributed by atoms with Gasteiger partial charge in [0, 0.05) is 15.8 Å². The van der Waals surface area contributed by atoms with Gasteiger partial charge < -0.3 is 5.73 Å². The minimum Gasteiger partial charge on any atom is -0.327 e. The summed E-state index contributed by atoms with van der Waals surface area (Å²) in [7, 11) is 0. The van der Waals surface area contributed by atoms with Crippen molar-refractivity contribution in [1.82, 2.24) is 0 Å². The number of thiophene rings is 1. The third-order valence-corrected chi connectivity index (χ3v) is 4.21. The third kappa shape index (κ3) is 5.13. The summed E-state index contributed by atoms with van der Waals surface area (Å²) in [6, 6.07) is 4.85. The molecule has 0 aromatic carbocycles.